The van der Waals surface area contributed by atoms with Gasteiger partial charge in [0, 0.05) is 33.3 Å². The van der Waals surface area contributed by atoms with Gasteiger partial charge in [-0.2, -0.15) is 0 Å². The quantitative estimate of drug-likeness (QED) is 0.825. The summed E-state index contributed by atoms with van der Waals surface area (Å²) in [7, 11) is 0.801. The van der Waals surface area contributed by atoms with Gasteiger partial charge in [0.1, 0.15) is 18.0 Å². The van der Waals surface area contributed by atoms with Gasteiger partial charge in [-0.25, -0.2) is 23.2 Å². The Kier molecular flexibility index (Phi) is 3.67. The SMILES string of the molecule is CN(C)c1cc(NC(=O)N2C[C@@H]3CS(=O)(=O)C[C@@H]3C2)ncn1. The minimum atomic E-state index is -2.91. The number of sulfone groups is 1. The fraction of sp³-hybridized carbons (Fsp3) is 0.615. The first-order valence-corrected chi connectivity index (χ1v) is 8.92. The minimum absolute atomic E-state index is 0.0680. The van der Waals surface area contributed by atoms with Gasteiger partial charge in [0.25, 0.3) is 0 Å². The molecule has 2 aliphatic heterocycles. The second-order valence-electron chi connectivity index (χ2n) is 6.09. The van der Waals surface area contributed by atoms with Gasteiger partial charge < -0.3 is 9.80 Å². The maximum Gasteiger partial charge on any atom is 0.323 e. The Hall–Kier alpha value is -1.90. The highest BCUT2D eigenvalue weighted by molar-refractivity contribution is 7.91. The Morgan fingerprint density at radius 2 is 1.91 bits per heavy atom. The lowest BCUT2D eigenvalue weighted by atomic mass is 10.0. The zero-order chi connectivity index (χ0) is 15.9. The van der Waals surface area contributed by atoms with Crippen molar-refractivity contribution in [3.63, 3.8) is 0 Å². The molecule has 0 aliphatic carbocycles. The fourth-order valence-corrected chi connectivity index (χ4v) is 5.25. The van der Waals surface area contributed by atoms with E-state index < -0.39 is 9.84 Å². The molecule has 0 bridgehead atoms. The number of amides is 2. The molecule has 2 aliphatic rings. The number of fused-ring (bicyclic) bond motifs is 1. The zero-order valence-electron chi connectivity index (χ0n) is 12.6. The molecule has 120 valence electrons. The molecule has 2 saturated heterocycles. The van der Waals surface area contributed by atoms with Gasteiger partial charge in [-0.05, 0) is 11.8 Å². The van der Waals surface area contributed by atoms with Gasteiger partial charge in [-0.3, -0.25) is 5.32 Å². The predicted octanol–water partition coefficient (Wildman–Crippen LogP) is 0.0509. The number of carbonyl (C=O) groups is 1. The number of hydrogen-bond donors (Lipinski definition) is 1. The maximum absolute atomic E-state index is 12.3. The third-order valence-corrected chi connectivity index (χ3v) is 6.02. The molecule has 9 heteroatoms. The predicted molar refractivity (Wildman–Crippen MR) is 82.6 cm³/mol. The summed E-state index contributed by atoms with van der Waals surface area (Å²) in [6, 6.07) is 1.45. The van der Waals surface area contributed by atoms with Crippen LogP contribution in [0, 0.1) is 11.8 Å². The van der Waals surface area contributed by atoms with Crippen LogP contribution in [0.5, 0.6) is 0 Å². The first-order valence-electron chi connectivity index (χ1n) is 7.10. The summed E-state index contributed by atoms with van der Waals surface area (Å²) in [6.07, 6.45) is 1.40. The molecule has 3 rings (SSSR count). The Balaban J connectivity index is 1.63. The van der Waals surface area contributed by atoms with Crippen LogP contribution in [0.2, 0.25) is 0 Å². The van der Waals surface area contributed by atoms with Crippen LogP contribution in [-0.2, 0) is 9.84 Å². The van der Waals surface area contributed by atoms with Gasteiger partial charge in [0.05, 0.1) is 11.5 Å². The van der Waals surface area contributed by atoms with E-state index >= 15 is 0 Å². The van der Waals surface area contributed by atoms with Crippen molar-refractivity contribution in [1.82, 2.24) is 14.9 Å². The molecule has 2 atom stereocenters. The van der Waals surface area contributed by atoms with Crippen molar-refractivity contribution >= 4 is 27.5 Å². The summed E-state index contributed by atoms with van der Waals surface area (Å²) in [5, 5.41) is 2.75. The number of urea groups is 1. The highest BCUT2D eigenvalue weighted by Crippen LogP contribution is 2.32. The van der Waals surface area contributed by atoms with Crippen LogP contribution in [0.15, 0.2) is 12.4 Å². The topological polar surface area (TPSA) is 95.5 Å². The monoisotopic (exact) mass is 325 g/mol. The lowest BCUT2D eigenvalue weighted by Crippen LogP contribution is -2.35. The number of nitrogens with one attached hydrogen (secondary N) is 1. The second kappa shape index (κ2) is 5.38. The van der Waals surface area contributed by atoms with Crippen LogP contribution in [-0.4, -0.2) is 68.0 Å². The molecule has 0 aromatic carbocycles. The lowest BCUT2D eigenvalue weighted by Gasteiger charge is -2.18. The molecule has 0 saturated carbocycles. The smallest absolute Gasteiger partial charge is 0.323 e. The Morgan fingerprint density at radius 3 is 2.50 bits per heavy atom. The van der Waals surface area contributed by atoms with Crippen LogP contribution in [0.4, 0.5) is 16.4 Å². The number of hydrogen-bond acceptors (Lipinski definition) is 6. The molecule has 1 aromatic rings. The number of likely N-dealkylation sites (tertiary alicyclic amines) is 1. The highest BCUT2D eigenvalue weighted by atomic mass is 32.2. The van der Waals surface area contributed by atoms with Crippen LogP contribution in [0.1, 0.15) is 0 Å². The molecule has 0 unspecified atom stereocenters. The molecule has 8 nitrogen and oxygen atoms in total. The summed E-state index contributed by atoms with van der Waals surface area (Å²) in [4.78, 5) is 23.9. The number of anilines is 2. The molecule has 1 N–H and O–H groups in total. The Morgan fingerprint density at radius 1 is 1.27 bits per heavy atom. The maximum atomic E-state index is 12.3. The van der Waals surface area contributed by atoms with Crippen molar-refractivity contribution in [2.45, 2.75) is 0 Å². The standard InChI is InChI=1S/C13H19N5O3S/c1-17(2)12-3-11(14-8-15-12)16-13(19)18-4-9-6-22(20,21)7-10(9)5-18/h3,8-10H,4-7H2,1-2H3,(H,14,15,16,19)/t9-,10+. The third-order valence-electron chi connectivity index (χ3n) is 4.15. The minimum Gasteiger partial charge on any atom is -0.363 e. The van der Waals surface area contributed by atoms with E-state index in [1.54, 1.807) is 11.0 Å². The van der Waals surface area contributed by atoms with E-state index in [4.69, 9.17) is 0 Å². The van der Waals surface area contributed by atoms with Crippen molar-refractivity contribution in [1.29, 1.82) is 0 Å². The van der Waals surface area contributed by atoms with Gasteiger partial charge >= 0.3 is 6.03 Å². The average molecular weight is 325 g/mol. The molecule has 3 heterocycles. The van der Waals surface area contributed by atoms with Crippen molar-refractivity contribution in [2.75, 3.05) is 48.9 Å². The van der Waals surface area contributed by atoms with E-state index in [1.807, 2.05) is 19.0 Å². The summed E-state index contributed by atoms with van der Waals surface area (Å²) in [5.74, 6) is 1.67. The van der Waals surface area contributed by atoms with Gasteiger partial charge in [-0.15, -0.1) is 0 Å². The van der Waals surface area contributed by atoms with E-state index in [1.165, 1.54) is 6.33 Å². The van der Waals surface area contributed by atoms with Crippen LogP contribution in [0.25, 0.3) is 0 Å². The highest BCUT2D eigenvalue weighted by Gasteiger charge is 2.44. The summed E-state index contributed by atoms with van der Waals surface area (Å²) in [6.45, 7) is 0.975. The van der Waals surface area contributed by atoms with Gasteiger partial charge in [-0.1, -0.05) is 0 Å². The normalized spacial score (nSPS) is 25.8. The fourth-order valence-electron chi connectivity index (χ4n) is 3.05. The van der Waals surface area contributed by atoms with Crippen molar-refractivity contribution in [3.05, 3.63) is 12.4 Å². The van der Waals surface area contributed by atoms with E-state index in [2.05, 4.69) is 15.3 Å². The Bertz CT molecular complexity index is 671. The molecular weight excluding hydrogens is 306 g/mol. The van der Waals surface area contributed by atoms with E-state index in [9.17, 15) is 13.2 Å². The van der Waals surface area contributed by atoms with Crippen molar-refractivity contribution in [2.24, 2.45) is 11.8 Å². The van der Waals surface area contributed by atoms with Crippen LogP contribution >= 0.6 is 0 Å². The van der Waals surface area contributed by atoms with E-state index in [0.29, 0.717) is 24.7 Å². The Labute approximate surface area is 129 Å². The lowest BCUT2D eigenvalue weighted by molar-refractivity contribution is 0.220. The van der Waals surface area contributed by atoms with Crippen molar-refractivity contribution in [3.8, 4) is 0 Å². The zero-order valence-corrected chi connectivity index (χ0v) is 13.4. The number of nitrogens with zero attached hydrogens (tertiary/aromatic N) is 4. The number of aromatic nitrogens is 2. The number of carbonyl (C=O) groups excluding carboxylic acids is 1. The molecule has 2 amide bonds. The van der Waals surface area contributed by atoms with E-state index in [0.717, 1.165) is 0 Å². The molecule has 2 fully saturated rings. The van der Waals surface area contributed by atoms with Crippen LogP contribution < -0.4 is 10.2 Å². The largest absolute Gasteiger partial charge is 0.363 e. The summed E-state index contributed by atoms with van der Waals surface area (Å²) >= 11 is 0. The molecule has 0 spiro atoms. The average Bonchev–Trinajstić information content (AvgIpc) is 2.92. The van der Waals surface area contributed by atoms with Gasteiger partial charge in [0.2, 0.25) is 0 Å². The molecule has 22 heavy (non-hydrogen) atoms. The summed E-state index contributed by atoms with van der Waals surface area (Å²) < 4.78 is 23.1. The second-order valence-corrected chi connectivity index (χ2v) is 8.24. The van der Waals surface area contributed by atoms with Gasteiger partial charge in [0.15, 0.2) is 9.84 Å². The van der Waals surface area contributed by atoms with Crippen LogP contribution in [0.3, 0.4) is 0 Å². The molecule has 0 radical (unpaired) electrons. The first-order chi connectivity index (χ1) is 10.3. The summed E-state index contributed by atoms with van der Waals surface area (Å²) in [5.41, 5.74) is 0. The molecular formula is C13H19N5O3S. The van der Waals surface area contributed by atoms with Crippen molar-refractivity contribution < 1.29 is 13.2 Å². The number of rotatable bonds is 2. The third kappa shape index (κ3) is 2.99. The molecule has 1 aromatic heterocycles. The first kappa shape index (κ1) is 15.0. The van der Waals surface area contributed by atoms with E-state index in [-0.39, 0.29) is 29.4 Å².